The number of aryl methyl sites for hydroxylation is 1. The number of nitrogens with two attached hydrogens (primary N) is 1. The lowest BCUT2D eigenvalue weighted by molar-refractivity contribution is -0.259. The third-order valence-corrected chi connectivity index (χ3v) is 6.54. The predicted octanol–water partition coefficient (Wildman–Crippen LogP) is 3.15. The first-order valence-electron chi connectivity index (χ1n) is 13.0. The molecule has 3 aromatic rings. The van der Waals surface area contributed by atoms with Gasteiger partial charge in [-0.15, -0.1) is 0 Å². The van der Waals surface area contributed by atoms with E-state index in [9.17, 15) is 32.7 Å². The lowest BCUT2D eigenvalue weighted by atomic mass is 9.99. The summed E-state index contributed by atoms with van der Waals surface area (Å²) in [6.07, 6.45) is -3.57. The zero-order chi connectivity index (χ0) is 30.7. The van der Waals surface area contributed by atoms with Gasteiger partial charge in [0.15, 0.2) is 5.60 Å². The van der Waals surface area contributed by atoms with Crippen molar-refractivity contribution in [2.45, 2.75) is 52.4 Å². The number of anilines is 1. The van der Waals surface area contributed by atoms with Crippen LogP contribution < -0.4 is 16.4 Å². The fourth-order valence-corrected chi connectivity index (χ4v) is 4.28. The Morgan fingerprint density at radius 1 is 1.12 bits per heavy atom. The third-order valence-electron chi connectivity index (χ3n) is 6.54. The maximum Gasteiger partial charge on any atom is 0.420 e. The van der Waals surface area contributed by atoms with Crippen molar-refractivity contribution in [3.8, 4) is 5.69 Å². The molecule has 41 heavy (non-hydrogen) atoms. The van der Waals surface area contributed by atoms with Crippen LogP contribution in [-0.4, -0.2) is 75.0 Å². The average molecular weight is 577 g/mol. The molecule has 1 aromatic heterocycles. The number of benzene rings is 2. The quantitative estimate of drug-likeness (QED) is 0.276. The van der Waals surface area contributed by atoms with Gasteiger partial charge in [0.2, 0.25) is 11.8 Å². The van der Waals surface area contributed by atoms with Gasteiger partial charge in [0, 0.05) is 28.6 Å². The monoisotopic (exact) mass is 576 g/mol. The highest BCUT2D eigenvalue weighted by Gasteiger charge is 2.55. The fraction of sp³-hybridized carbons (Fsp3) is 0.429. The molecule has 1 atom stereocenters. The molecule has 13 heteroatoms. The van der Waals surface area contributed by atoms with E-state index in [0.29, 0.717) is 27.8 Å². The molecule has 10 nitrogen and oxygen atoms in total. The smallest absolute Gasteiger partial charge is 0.381 e. The summed E-state index contributed by atoms with van der Waals surface area (Å²) in [6.45, 7) is 5.96. The van der Waals surface area contributed by atoms with Gasteiger partial charge >= 0.3 is 6.18 Å². The largest absolute Gasteiger partial charge is 0.420 e. The molecule has 3 rings (SSSR count). The van der Waals surface area contributed by atoms with Crippen LogP contribution in [0.25, 0.3) is 16.6 Å². The van der Waals surface area contributed by atoms with Crippen LogP contribution in [0.5, 0.6) is 0 Å². The molecule has 0 aliphatic rings. The molecule has 0 fully saturated rings. The lowest BCUT2D eigenvalue weighted by Crippen LogP contribution is -2.60. The molecule has 0 spiro atoms. The van der Waals surface area contributed by atoms with Crippen molar-refractivity contribution in [3.05, 3.63) is 53.7 Å². The van der Waals surface area contributed by atoms with Crippen molar-refractivity contribution >= 4 is 34.3 Å². The van der Waals surface area contributed by atoms with E-state index < -0.39 is 54.5 Å². The molecule has 3 amide bonds. The summed E-state index contributed by atoms with van der Waals surface area (Å²) in [5.41, 5.74) is 4.13. The zero-order valence-electron chi connectivity index (χ0n) is 23.5. The number of aliphatic hydroxyl groups is 1. The molecule has 0 radical (unpaired) electrons. The molecule has 0 aliphatic heterocycles. The second-order valence-corrected chi connectivity index (χ2v) is 10.6. The van der Waals surface area contributed by atoms with Crippen LogP contribution in [-0.2, 0) is 9.59 Å². The maximum atomic E-state index is 14.2. The number of carbonyl (C=O) groups excluding carboxylic acids is 3. The van der Waals surface area contributed by atoms with Gasteiger partial charge in [-0.25, -0.2) is 4.68 Å². The van der Waals surface area contributed by atoms with Crippen LogP contribution in [0.1, 0.15) is 43.6 Å². The second kappa shape index (κ2) is 12.2. The number of halogens is 3. The highest BCUT2D eigenvalue weighted by atomic mass is 19.4. The summed E-state index contributed by atoms with van der Waals surface area (Å²) in [6, 6.07) is 9.28. The minimum absolute atomic E-state index is 0.249. The molecular weight excluding hydrogens is 541 g/mol. The Hall–Kier alpha value is -4.13. The minimum atomic E-state index is -5.03. The van der Waals surface area contributed by atoms with Crippen LogP contribution in [0.3, 0.4) is 0 Å². The molecule has 0 aliphatic carbocycles. The van der Waals surface area contributed by atoms with Gasteiger partial charge < -0.3 is 26.4 Å². The molecule has 0 saturated heterocycles. The van der Waals surface area contributed by atoms with Gasteiger partial charge in [0.05, 0.1) is 37.0 Å². The van der Waals surface area contributed by atoms with E-state index in [4.69, 9.17) is 5.73 Å². The highest BCUT2D eigenvalue weighted by molar-refractivity contribution is 5.97. The Bertz CT molecular complexity index is 1440. The summed E-state index contributed by atoms with van der Waals surface area (Å²) in [7, 11) is 0. The first-order chi connectivity index (χ1) is 19.0. The van der Waals surface area contributed by atoms with Gasteiger partial charge in [0.25, 0.3) is 5.91 Å². The first-order valence-corrected chi connectivity index (χ1v) is 13.0. The zero-order valence-corrected chi connectivity index (χ0v) is 23.5. The number of aromatic nitrogens is 2. The van der Waals surface area contributed by atoms with Crippen LogP contribution >= 0.6 is 0 Å². The Kier molecular flexibility index (Phi) is 9.32. The van der Waals surface area contributed by atoms with E-state index in [1.54, 1.807) is 71.0 Å². The van der Waals surface area contributed by atoms with Gasteiger partial charge in [-0.1, -0.05) is 19.9 Å². The van der Waals surface area contributed by atoms with Crippen molar-refractivity contribution in [2.24, 2.45) is 11.7 Å². The average Bonchev–Trinajstić information content (AvgIpc) is 3.31. The van der Waals surface area contributed by atoms with Crippen molar-refractivity contribution in [2.75, 3.05) is 25.0 Å². The van der Waals surface area contributed by atoms with Gasteiger partial charge in [-0.3, -0.25) is 14.4 Å². The number of amides is 3. The number of fused-ring (bicyclic) bond motifs is 1. The van der Waals surface area contributed by atoms with E-state index in [1.807, 2.05) is 0 Å². The molecule has 5 N–H and O–H groups in total. The molecular formula is C28H35F3N6O4. The standard InChI is InChI=1S/C28H35F3N6O4/c1-16(2)26(40)36(17(3)4)15-27(41,28(29,30)31)14-34-22-9-18(5)10-23-21(22)12-35-37(23)20-8-6-7-19(11-20)25(39)33-13-24(32)38/h6-12,16-17,34,41H,13-15H2,1-5H3,(H2,32,38)(H,33,39). The number of alkyl halides is 3. The molecule has 0 saturated carbocycles. The van der Waals surface area contributed by atoms with Crippen LogP contribution in [0, 0.1) is 12.8 Å². The summed E-state index contributed by atoms with van der Waals surface area (Å²) in [5, 5.41) is 20.9. The molecule has 1 unspecified atom stereocenters. The SMILES string of the molecule is Cc1cc(NCC(O)(CN(C(=O)C(C)C)C(C)C)C(F)(F)F)c2cnn(-c3cccc(C(=O)NCC(N)=O)c3)c2c1. The predicted molar refractivity (Wildman–Crippen MR) is 149 cm³/mol. The van der Waals surface area contributed by atoms with Crippen molar-refractivity contribution in [1.82, 2.24) is 20.0 Å². The lowest BCUT2D eigenvalue weighted by Gasteiger charge is -2.38. The number of nitrogens with one attached hydrogen (secondary N) is 2. The normalized spacial score (nSPS) is 13.3. The first kappa shape index (κ1) is 31.4. The number of rotatable bonds is 11. The van der Waals surface area contributed by atoms with Crippen LogP contribution in [0.4, 0.5) is 18.9 Å². The third kappa shape index (κ3) is 7.15. The summed E-state index contributed by atoms with van der Waals surface area (Å²) in [5.74, 6) is -2.24. The Morgan fingerprint density at radius 2 is 1.80 bits per heavy atom. The minimum Gasteiger partial charge on any atom is -0.381 e. The van der Waals surface area contributed by atoms with Crippen LogP contribution in [0.2, 0.25) is 0 Å². The topological polar surface area (TPSA) is 143 Å². The van der Waals surface area contributed by atoms with Crippen LogP contribution in [0.15, 0.2) is 42.6 Å². The number of nitrogens with zero attached hydrogens (tertiary/aromatic N) is 3. The molecule has 222 valence electrons. The van der Waals surface area contributed by atoms with E-state index in [2.05, 4.69) is 15.7 Å². The van der Waals surface area contributed by atoms with E-state index in [0.717, 1.165) is 4.90 Å². The fourth-order valence-electron chi connectivity index (χ4n) is 4.28. The highest BCUT2D eigenvalue weighted by Crippen LogP contribution is 2.34. The second-order valence-electron chi connectivity index (χ2n) is 10.6. The van der Waals surface area contributed by atoms with E-state index >= 15 is 0 Å². The van der Waals surface area contributed by atoms with Crippen molar-refractivity contribution in [1.29, 1.82) is 0 Å². The number of hydrogen-bond donors (Lipinski definition) is 4. The number of primary amides is 1. The Labute approximate surface area is 235 Å². The molecule has 2 aromatic carbocycles. The van der Waals surface area contributed by atoms with Gasteiger partial charge in [-0.05, 0) is 56.7 Å². The summed E-state index contributed by atoms with van der Waals surface area (Å²) >= 11 is 0. The maximum absolute atomic E-state index is 14.2. The Balaban J connectivity index is 1.95. The number of carbonyl (C=O) groups is 3. The summed E-state index contributed by atoms with van der Waals surface area (Å²) < 4.78 is 44.2. The van der Waals surface area contributed by atoms with E-state index in [1.165, 1.54) is 10.9 Å². The Morgan fingerprint density at radius 3 is 2.39 bits per heavy atom. The molecule has 0 bridgehead atoms. The van der Waals surface area contributed by atoms with E-state index in [-0.39, 0.29) is 12.1 Å². The molecule has 1 heterocycles. The summed E-state index contributed by atoms with van der Waals surface area (Å²) in [4.78, 5) is 37.1. The van der Waals surface area contributed by atoms with Crippen molar-refractivity contribution in [3.63, 3.8) is 0 Å². The van der Waals surface area contributed by atoms with Gasteiger partial charge in [0.1, 0.15) is 0 Å². The van der Waals surface area contributed by atoms with Gasteiger partial charge in [-0.2, -0.15) is 18.3 Å². The number of hydrogen-bond acceptors (Lipinski definition) is 6. The van der Waals surface area contributed by atoms with Crippen molar-refractivity contribution < 1.29 is 32.7 Å².